The Morgan fingerprint density at radius 3 is 2.61 bits per heavy atom. The lowest BCUT2D eigenvalue weighted by molar-refractivity contribution is -0.226. The van der Waals surface area contributed by atoms with Gasteiger partial charge in [0.2, 0.25) is 5.69 Å². The van der Waals surface area contributed by atoms with E-state index in [1.165, 1.54) is 4.68 Å². The summed E-state index contributed by atoms with van der Waals surface area (Å²) in [7, 11) is 0. The van der Waals surface area contributed by atoms with Gasteiger partial charge in [-0.1, -0.05) is 5.21 Å². The summed E-state index contributed by atoms with van der Waals surface area (Å²) in [6.45, 7) is 9.50. The molecule has 156 valence electrons. The van der Waals surface area contributed by atoms with E-state index in [4.69, 9.17) is 34.2 Å². The summed E-state index contributed by atoms with van der Waals surface area (Å²) in [6.07, 6.45) is -2.05. The van der Waals surface area contributed by atoms with Crippen LogP contribution in [0.1, 0.15) is 51.1 Å². The summed E-state index contributed by atoms with van der Waals surface area (Å²) in [6, 6.07) is -0.523. The third kappa shape index (κ3) is 3.26. The number of esters is 1. The van der Waals surface area contributed by atoms with Crippen molar-refractivity contribution in [2.45, 2.75) is 76.8 Å². The second-order valence-corrected chi connectivity index (χ2v) is 7.92. The van der Waals surface area contributed by atoms with E-state index < -0.39 is 48.2 Å². The molecule has 0 amide bonds. The summed E-state index contributed by atoms with van der Waals surface area (Å²) >= 11 is 0. The molecule has 1 aromatic rings. The van der Waals surface area contributed by atoms with Gasteiger partial charge in [0, 0.05) is 0 Å². The Hall–Kier alpha value is -1.79. The first kappa shape index (κ1) is 19.5. The lowest BCUT2D eigenvalue weighted by atomic mass is 10.0. The van der Waals surface area contributed by atoms with Crippen molar-refractivity contribution in [3.8, 4) is 0 Å². The van der Waals surface area contributed by atoms with Crippen molar-refractivity contribution in [1.82, 2.24) is 15.0 Å². The van der Waals surface area contributed by atoms with Crippen LogP contribution in [-0.4, -0.2) is 70.4 Å². The van der Waals surface area contributed by atoms with Crippen LogP contribution in [0.25, 0.3) is 0 Å². The van der Waals surface area contributed by atoms with Crippen molar-refractivity contribution in [2.24, 2.45) is 0 Å². The molecule has 0 aliphatic carbocycles. The lowest BCUT2D eigenvalue weighted by Gasteiger charge is -2.29. The van der Waals surface area contributed by atoms with E-state index >= 15 is 0 Å². The highest BCUT2D eigenvalue weighted by Crippen LogP contribution is 2.46. The van der Waals surface area contributed by atoms with Crippen LogP contribution in [0.5, 0.6) is 0 Å². The zero-order valence-electron chi connectivity index (χ0n) is 16.6. The van der Waals surface area contributed by atoms with Gasteiger partial charge in [0.05, 0.1) is 13.2 Å². The molecule has 11 heteroatoms. The Balaban J connectivity index is 1.67. The summed E-state index contributed by atoms with van der Waals surface area (Å²) in [4.78, 5) is 12.1. The molecule has 0 bridgehead atoms. The number of fused-ring (bicyclic) bond motifs is 1. The number of nitrogens with zero attached hydrogens (tertiary/aromatic N) is 3. The van der Waals surface area contributed by atoms with Crippen LogP contribution in [0.2, 0.25) is 0 Å². The number of carbonyl (C=O) groups is 1. The molecule has 3 aliphatic heterocycles. The SMILES string of the molecule is CCOC(=O)c1nnn([C@@H]2[C@H]3OC(C)(C)O[C@H]3O[C@@H]2C2COC(C)(C)O2)c1N. The van der Waals surface area contributed by atoms with Gasteiger partial charge in [-0.15, -0.1) is 5.10 Å². The molecule has 3 saturated heterocycles. The fourth-order valence-electron chi connectivity index (χ4n) is 3.85. The number of nitrogen functional groups attached to an aromatic ring is 1. The highest BCUT2D eigenvalue weighted by molar-refractivity contribution is 5.91. The first-order valence-corrected chi connectivity index (χ1v) is 9.32. The van der Waals surface area contributed by atoms with Crippen molar-refractivity contribution < 1.29 is 33.2 Å². The van der Waals surface area contributed by atoms with Crippen molar-refractivity contribution in [3.63, 3.8) is 0 Å². The van der Waals surface area contributed by atoms with Gasteiger partial charge in [0.25, 0.3) is 0 Å². The van der Waals surface area contributed by atoms with E-state index in [1.807, 2.05) is 13.8 Å². The number of carbonyl (C=O) groups excluding carboxylic acids is 1. The molecule has 5 atom stereocenters. The number of nitrogens with two attached hydrogens (primary N) is 1. The van der Waals surface area contributed by atoms with Gasteiger partial charge in [-0.05, 0) is 34.6 Å². The summed E-state index contributed by atoms with van der Waals surface area (Å²) in [5.41, 5.74) is 6.14. The molecule has 0 aromatic carbocycles. The summed E-state index contributed by atoms with van der Waals surface area (Å²) < 4.78 is 36.1. The van der Waals surface area contributed by atoms with Gasteiger partial charge in [0.15, 0.2) is 23.7 Å². The Morgan fingerprint density at radius 1 is 1.21 bits per heavy atom. The Kier molecular flexibility index (Phi) is 4.62. The van der Waals surface area contributed by atoms with Crippen LogP contribution >= 0.6 is 0 Å². The Morgan fingerprint density at radius 2 is 1.96 bits per heavy atom. The zero-order chi connectivity index (χ0) is 20.3. The number of anilines is 1. The molecule has 0 spiro atoms. The first-order chi connectivity index (χ1) is 13.1. The second kappa shape index (κ2) is 6.63. The average molecular weight is 398 g/mol. The Bertz CT molecular complexity index is 765. The van der Waals surface area contributed by atoms with E-state index in [0.717, 1.165) is 0 Å². The quantitative estimate of drug-likeness (QED) is 0.720. The van der Waals surface area contributed by atoms with Gasteiger partial charge in [0.1, 0.15) is 24.4 Å². The van der Waals surface area contributed by atoms with Crippen molar-refractivity contribution in [3.05, 3.63) is 5.69 Å². The topological polar surface area (TPSA) is 129 Å². The summed E-state index contributed by atoms with van der Waals surface area (Å²) in [5.74, 6) is -2.13. The van der Waals surface area contributed by atoms with Crippen LogP contribution < -0.4 is 5.73 Å². The number of hydrogen-bond donors (Lipinski definition) is 1. The summed E-state index contributed by atoms with van der Waals surface area (Å²) in [5, 5.41) is 8.00. The molecule has 28 heavy (non-hydrogen) atoms. The van der Waals surface area contributed by atoms with Crippen LogP contribution in [0.3, 0.4) is 0 Å². The lowest BCUT2D eigenvalue weighted by Crippen LogP contribution is -2.41. The highest BCUT2D eigenvalue weighted by Gasteiger charge is 2.59. The standard InChI is InChI=1S/C17H26N4O7/c1-6-23-14(22)9-13(18)21(20-19-9)10-11(8-7-24-16(2,3)26-8)25-15-12(10)27-17(4,5)28-15/h8,10-12,15H,6-7,18H2,1-5H3/t8?,10-,11+,12+,15+/m0/s1. The van der Waals surface area contributed by atoms with Crippen LogP contribution in [0.15, 0.2) is 0 Å². The monoisotopic (exact) mass is 398 g/mol. The Labute approximate surface area is 162 Å². The molecule has 0 radical (unpaired) electrons. The van der Waals surface area contributed by atoms with E-state index in [2.05, 4.69) is 10.3 Å². The van der Waals surface area contributed by atoms with Crippen molar-refractivity contribution >= 4 is 11.8 Å². The van der Waals surface area contributed by atoms with Crippen LogP contribution in [0.4, 0.5) is 5.82 Å². The molecular weight excluding hydrogens is 372 g/mol. The predicted molar refractivity (Wildman–Crippen MR) is 93.0 cm³/mol. The third-order valence-corrected chi connectivity index (χ3v) is 4.93. The van der Waals surface area contributed by atoms with Gasteiger partial charge >= 0.3 is 5.97 Å². The van der Waals surface area contributed by atoms with Gasteiger partial charge < -0.3 is 34.2 Å². The number of ether oxygens (including phenoxy) is 6. The molecule has 1 unspecified atom stereocenters. The molecule has 3 aliphatic rings. The maximum absolute atomic E-state index is 12.1. The van der Waals surface area contributed by atoms with Gasteiger partial charge in [-0.3, -0.25) is 0 Å². The molecular formula is C17H26N4O7. The minimum absolute atomic E-state index is 0.0499. The van der Waals surface area contributed by atoms with Crippen molar-refractivity contribution in [2.75, 3.05) is 18.9 Å². The maximum Gasteiger partial charge on any atom is 0.362 e. The maximum atomic E-state index is 12.1. The van der Waals surface area contributed by atoms with Gasteiger partial charge in [-0.2, -0.15) is 0 Å². The fraction of sp³-hybridized carbons (Fsp3) is 0.824. The first-order valence-electron chi connectivity index (χ1n) is 9.32. The van der Waals surface area contributed by atoms with Crippen molar-refractivity contribution in [1.29, 1.82) is 0 Å². The smallest absolute Gasteiger partial charge is 0.362 e. The molecule has 2 N–H and O–H groups in total. The molecule has 0 saturated carbocycles. The minimum atomic E-state index is -0.829. The highest BCUT2D eigenvalue weighted by atomic mass is 16.8. The molecule has 11 nitrogen and oxygen atoms in total. The van der Waals surface area contributed by atoms with E-state index in [9.17, 15) is 4.79 Å². The normalized spacial score (nSPS) is 35.8. The zero-order valence-corrected chi connectivity index (χ0v) is 16.6. The molecule has 4 heterocycles. The number of rotatable bonds is 4. The van der Waals surface area contributed by atoms with Crippen LogP contribution in [0, 0.1) is 0 Å². The largest absolute Gasteiger partial charge is 0.461 e. The van der Waals surface area contributed by atoms with Crippen LogP contribution in [-0.2, 0) is 28.4 Å². The fourth-order valence-corrected chi connectivity index (χ4v) is 3.85. The third-order valence-electron chi connectivity index (χ3n) is 4.93. The average Bonchev–Trinajstić information content (AvgIpc) is 3.29. The molecule has 3 fully saturated rings. The van der Waals surface area contributed by atoms with E-state index in [1.54, 1.807) is 20.8 Å². The molecule has 4 rings (SSSR count). The minimum Gasteiger partial charge on any atom is -0.461 e. The van der Waals surface area contributed by atoms with Gasteiger partial charge in [-0.25, -0.2) is 9.48 Å². The van der Waals surface area contributed by atoms with E-state index in [0.29, 0.717) is 6.61 Å². The van der Waals surface area contributed by atoms with E-state index in [-0.39, 0.29) is 18.1 Å². The second-order valence-electron chi connectivity index (χ2n) is 7.92. The number of hydrogen-bond acceptors (Lipinski definition) is 10. The predicted octanol–water partition coefficient (Wildman–Crippen LogP) is 0.606. The number of aromatic nitrogens is 3. The molecule has 1 aromatic heterocycles.